The smallest absolute Gasteiger partial charge is 0.122 e. The van der Waals surface area contributed by atoms with Crippen molar-refractivity contribution in [3.63, 3.8) is 0 Å². The highest BCUT2D eigenvalue weighted by atomic mass is 16.5. The maximum atomic E-state index is 6.25. The first-order valence-electron chi connectivity index (χ1n) is 5.51. The van der Waals surface area contributed by atoms with Crippen molar-refractivity contribution in [3.05, 3.63) is 28.8 Å². The number of aryl methyl sites for hydroxylation is 1. The van der Waals surface area contributed by atoms with Gasteiger partial charge in [0, 0.05) is 11.6 Å². The van der Waals surface area contributed by atoms with Crippen molar-refractivity contribution in [1.29, 1.82) is 0 Å². The molecule has 0 aromatic heterocycles. The van der Waals surface area contributed by atoms with Crippen LogP contribution in [0.15, 0.2) is 12.1 Å². The topological polar surface area (TPSA) is 35.2 Å². The largest absolute Gasteiger partial charge is 0.496 e. The van der Waals surface area contributed by atoms with Crippen LogP contribution in [-0.4, -0.2) is 7.11 Å². The molecule has 0 heterocycles. The number of benzene rings is 1. The Hall–Kier alpha value is -1.02. The molecule has 1 aliphatic rings. The molecular weight excluding hydrogens is 186 g/mol. The van der Waals surface area contributed by atoms with E-state index < -0.39 is 0 Å². The summed E-state index contributed by atoms with van der Waals surface area (Å²) in [5.41, 5.74) is 10.2. The minimum Gasteiger partial charge on any atom is -0.496 e. The van der Waals surface area contributed by atoms with Crippen LogP contribution >= 0.6 is 0 Å². The minimum atomic E-state index is 0.157. The standard InChI is InChI=1S/C13H19NO/c1-7-5-6-10(15-4)12-8(2)9(3)13(14)11(7)12/h5-6,8-9,13H,14H2,1-4H3. The van der Waals surface area contributed by atoms with E-state index in [1.807, 2.05) is 0 Å². The minimum absolute atomic E-state index is 0.157. The van der Waals surface area contributed by atoms with E-state index in [2.05, 4.69) is 32.9 Å². The van der Waals surface area contributed by atoms with E-state index in [1.54, 1.807) is 7.11 Å². The lowest BCUT2D eigenvalue weighted by Gasteiger charge is -2.14. The Morgan fingerprint density at radius 3 is 2.47 bits per heavy atom. The second kappa shape index (κ2) is 3.53. The molecule has 3 unspecified atom stereocenters. The Bertz CT molecular complexity index is 386. The zero-order valence-electron chi connectivity index (χ0n) is 9.87. The molecule has 0 fully saturated rings. The number of nitrogens with two attached hydrogens (primary N) is 1. The fourth-order valence-electron chi connectivity index (χ4n) is 2.65. The highest BCUT2D eigenvalue weighted by Gasteiger charge is 2.36. The molecule has 3 atom stereocenters. The van der Waals surface area contributed by atoms with Gasteiger partial charge >= 0.3 is 0 Å². The average Bonchev–Trinajstić information content (AvgIpc) is 2.46. The van der Waals surface area contributed by atoms with Gasteiger partial charge in [0.05, 0.1) is 7.11 Å². The van der Waals surface area contributed by atoms with Crippen molar-refractivity contribution < 1.29 is 4.74 Å². The molecule has 2 rings (SSSR count). The molecule has 1 aromatic carbocycles. The summed E-state index contributed by atoms with van der Waals surface area (Å²) in [4.78, 5) is 0. The van der Waals surface area contributed by atoms with Crippen molar-refractivity contribution in [2.45, 2.75) is 32.7 Å². The Morgan fingerprint density at radius 2 is 1.87 bits per heavy atom. The third kappa shape index (κ3) is 1.36. The Kier molecular flexibility index (Phi) is 2.47. The quantitative estimate of drug-likeness (QED) is 0.765. The van der Waals surface area contributed by atoms with Crippen LogP contribution in [0.1, 0.15) is 42.5 Å². The fraction of sp³-hybridized carbons (Fsp3) is 0.538. The van der Waals surface area contributed by atoms with Gasteiger partial charge in [-0.05, 0) is 36.0 Å². The van der Waals surface area contributed by atoms with Crippen molar-refractivity contribution in [1.82, 2.24) is 0 Å². The van der Waals surface area contributed by atoms with Gasteiger partial charge < -0.3 is 10.5 Å². The molecule has 15 heavy (non-hydrogen) atoms. The molecule has 82 valence electrons. The van der Waals surface area contributed by atoms with E-state index in [-0.39, 0.29) is 6.04 Å². The van der Waals surface area contributed by atoms with Crippen LogP contribution in [0.5, 0.6) is 5.75 Å². The van der Waals surface area contributed by atoms with Gasteiger partial charge in [-0.2, -0.15) is 0 Å². The van der Waals surface area contributed by atoms with Gasteiger partial charge in [-0.1, -0.05) is 19.9 Å². The zero-order chi connectivity index (χ0) is 11.2. The van der Waals surface area contributed by atoms with E-state index in [0.29, 0.717) is 11.8 Å². The van der Waals surface area contributed by atoms with Crippen molar-refractivity contribution in [3.8, 4) is 5.75 Å². The summed E-state index contributed by atoms with van der Waals surface area (Å²) in [6, 6.07) is 4.31. The van der Waals surface area contributed by atoms with Gasteiger partial charge in [-0.25, -0.2) is 0 Å². The zero-order valence-corrected chi connectivity index (χ0v) is 9.87. The number of fused-ring (bicyclic) bond motifs is 1. The summed E-state index contributed by atoms with van der Waals surface area (Å²) in [6.07, 6.45) is 0. The molecule has 1 aromatic rings. The van der Waals surface area contributed by atoms with Crippen LogP contribution in [0.3, 0.4) is 0 Å². The van der Waals surface area contributed by atoms with Crippen LogP contribution in [0.2, 0.25) is 0 Å². The van der Waals surface area contributed by atoms with Crippen LogP contribution in [0.25, 0.3) is 0 Å². The maximum Gasteiger partial charge on any atom is 0.122 e. The van der Waals surface area contributed by atoms with Gasteiger partial charge in [0.2, 0.25) is 0 Å². The summed E-state index contributed by atoms with van der Waals surface area (Å²) >= 11 is 0. The normalized spacial score (nSPS) is 29.0. The van der Waals surface area contributed by atoms with Crippen molar-refractivity contribution >= 4 is 0 Å². The van der Waals surface area contributed by atoms with Gasteiger partial charge in [0.25, 0.3) is 0 Å². The predicted octanol–water partition coefficient (Wildman–Crippen LogP) is 2.76. The van der Waals surface area contributed by atoms with E-state index in [0.717, 1.165) is 5.75 Å². The number of hydrogen-bond acceptors (Lipinski definition) is 2. The SMILES string of the molecule is COc1ccc(C)c2c1C(C)C(C)C2N. The molecule has 1 aliphatic carbocycles. The molecule has 0 spiro atoms. The molecule has 0 saturated carbocycles. The summed E-state index contributed by atoms with van der Waals surface area (Å²) in [5.74, 6) is 1.97. The molecule has 2 N–H and O–H groups in total. The Labute approximate surface area is 91.4 Å². The molecular formula is C13H19NO. The molecule has 2 nitrogen and oxygen atoms in total. The highest BCUT2D eigenvalue weighted by Crippen LogP contribution is 2.48. The van der Waals surface area contributed by atoms with Crippen LogP contribution in [0.4, 0.5) is 0 Å². The number of methoxy groups -OCH3 is 1. The second-order valence-electron chi connectivity index (χ2n) is 4.59. The van der Waals surface area contributed by atoms with Gasteiger partial charge in [-0.15, -0.1) is 0 Å². The van der Waals surface area contributed by atoms with Crippen molar-refractivity contribution in [2.75, 3.05) is 7.11 Å². The summed E-state index contributed by atoms with van der Waals surface area (Å²) in [7, 11) is 1.73. The Morgan fingerprint density at radius 1 is 1.20 bits per heavy atom. The number of hydrogen-bond donors (Lipinski definition) is 1. The van der Waals surface area contributed by atoms with Crippen molar-refractivity contribution in [2.24, 2.45) is 11.7 Å². The van der Waals surface area contributed by atoms with E-state index in [4.69, 9.17) is 10.5 Å². The number of ether oxygens (including phenoxy) is 1. The lowest BCUT2D eigenvalue weighted by molar-refractivity contribution is 0.399. The molecule has 0 aliphatic heterocycles. The fourth-order valence-corrected chi connectivity index (χ4v) is 2.65. The lowest BCUT2D eigenvalue weighted by atomic mass is 9.94. The van der Waals surface area contributed by atoms with Gasteiger partial charge in [-0.3, -0.25) is 0 Å². The first-order chi connectivity index (χ1) is 7.07. The van der Waals surface area contributed by atoms with E-state index in [1.165, 1.54) is 16.7 Å². The second-order valence-corrected chi connectivity index (χ2v) is 4.59. The van der Waals surface area contributed by atoms with E-state index in [9.17, 15) is 0 Å². The summed E-state index contributed by atoms with van der Waals surface area (Å²) < 4.78 is 5.42. The summed E-state index contributed by atoms with van der Waals surface area (Å²) in [6.45, 7) is 6.58. The predicted molar refractivity (Wildman–Crippen MR) is 62.2 cm³/mol. The number of rotatable bonds is 1. The highest BCUT2D eigenvalue weighted by molar-refractivity contribution is 5.52. The molecule has 0 radical (unpaired) electrons. The molecule has 0 bridgehead atoms. The van der Waals surface area contributed by atoms with Crippen LogP contribution in [0, 0.1) is 12.8 Å². The van der Waals surface area contributed by atoms with Gasteiger partial charge in [0.15, 0.2) is 0 Å². The van der Waals surface area contributed by atoms with Gasteiger partial charge in [0.1, 0.15) is 5.75 Å². The molecule has 0 amide bonds. The first kappa shape index (κ1) is 10.5. The third-order valence-electron chi connectivity index (χ3n) is 3.83. The summed E-state index contributed by atoms with van der Waals surface area (Å²) in [5, 5.41) is 0. The Balaban J connectivity index is 2.65. The molecule has 2 heteroatoms. The third-order valence-corrected chi connectivity index (χ3v) is 3.83. The van der Waals surface area contributed by atoms with Crippen LogP contribution in [-0.2, 0) is 0 Å². The first-order valence-corrected chi connectivity index (χ1v) is 5.51. The monoisotopic (exact) mass is 205 g/mol. The average molecular weight is 205 g/mol. The maximum absolute atomic E-state index is 6.25. The lowest BCUT2D eigenvalue weighted by Crippen LogP contribution is -2.15. The van der Waals surface area contributed by atoms with Crippen LogP contribution < -0.4 is 10.5 Å². The molecule has 0 saturated heterocycles. The van der Waals surface area contributed by atoms with E-state index >= 15 is 0 Å².